The molecule has 6 heteroatoms. The molecule has 0 aliphatic rings. The van der Waals surface area contributed by atoms with Crippen molar-refractivity contribution in [2.45, 2.75) is 6.54 Å². The fourth-order valence-electron chi connectivity index (χ4n) is 2.62. The number of ketones is 1. The number of halogens is 1. The minimum atomic E-state index is -0.0191. The third kappa shape index (κ3) is 4.26. The molecule has 0 N–H and O–H groups in total. The van der Waals surface area contributed by atoms with E-state index in [4.69, 9.17) is 9.47 Å². The summed E-state index contributed by atoms with van der Waals surface area (Å²) in [6.07, 6.45) is 3.62. The number of hydrogen-bond acceptors (Lipinski definition) is 4. The lowest BCUT2D eigenvalue weighted by atomic mass is 10.1. The summed E-state index contributed by atoms with van der Waals surface area (Å²) in [7, 11) is 3.12. The molecule has 0 saturated heterocycles. The molecule has 0 atom stereocenters. The topological polar surface area (TPSA) is 52.3 Å². The van der Waals surface area contributed by atoms with Crippen molar-refractivity contribution in [2.24, 2.45) is 0 Å². The summed E-state index contributed by atoms with van der Waals surface area (Å²) in [4.78, 5) is 17.1. The standard InChI is InChI=1S/C20H19N2O3.BrH/c1-24-19-10-9-15(13-20(19)25-2)18(23)14-22-12-6-4-8-17(22)16-7-3-5-11-21-16;/h3-13H,14H2,1-2H3;1H/q+1;/p-1. The van der Waals surface area contributed by atoms with Gasteiger partial charge >= 0.3 is 0 Å². The fraction of sp³-hybridized carbons (Fsp3) is 0.150. The van der Waals surface area contributed by atoms with Gasteiger partial charge in [0.15, 0.2) is 17.7 Å². The number of Topliss-reactive ketones (excluding diaryl/α,β-unsaturated/α-hetero) is 1. The number of pyridine rings is 2. The summed E-state index contributed by atoms with van der Waals surface area (Å²) < 4.78 is 12.4. The molecule has 5 nitrogen and oxygen atoms in total. The molecule has 3 aromatic rings. The Morgan fingerprint density at radius 3 is 2.46 bits per heavy atom. The summed E-state index contributed by atoms with van der Waals surface area (Å²) in [5, 5.41) is 0. The van der Waals surface area contributed by atoms with Crippen LogP contribution in [0.3, 0.4) is 0 Å². The van der Waals surface area contributed by atoms with E-state index in [0.717, 1.165) is 11.4 Å². The van der Waals surface area contributed by atoms with Gasteiger partial charge in [-0.05, 0) is 36.4 Å². The van der Waals surface area contributed by atoms with Crippen LogP contribution in [-0.2, 0) is 6.54 Å². The van der Waals surface area contributed by atoms with Gasteiger partial charge in [0, 0.05) is 23.9 Å². The van der Waals surface area contributed by atoms with E-state index >= 15 is 0 Å². The first kappa shape index (κ1) is 19.6. The molecule has 0 aliphatic heterocycles. The van der Waals surface area contributed by atoms with E-state index in [1.54, 1.807) is 38.6 Å². The van der Waals surface area contributed by atoms with E-state index in [-0.39, 0.29) is 29.3 Å². The van der Waals surface area contributed by atoms with E-state index in [0.29, 0.717) is 17.1 Å². The Kier molecular flexibility index (Phi) is 6.86. The molecule has 2 heterocycles. The van der Waals surface area contributed by atoms with E-state index in [2.05, 4.69) is 4.98 Å². The van der Waals surface area contributed by atoms with Gasteiger partial charge < -0.3 is 26.5 Å². The van der Waals surface area contributed by atoms with E-state index in [9.17, 15) is 4.79 Å². The molecule has 0 aliphatic carbocycles. The van der Waals surface area contributed by atoms with Gasteiger partial charge in [-0.15, -0.1) is 0 Å². The van der Waals surface area contributed by atoms with Crippen LogP contribution in [0.1, 0.15) is 10.4 Å². The average molecular weight is 415 g/mol. The second-order valence-corrected chi connectivity index (χ2v) is 5.42. The summed E-state index contributed by atoms with van der Waals surface area (Å²) in [5.74, 6) is 1.12. The minimum Gasteiger partial charge on any atom is -1.00 e. The first-order valence-electron chi connectivity index (χ1n) is 7.88. The van der Waals surface area contributed by atoms with Crippen molar-refractivity contribution < 1.29 is 35.8 Å². The van der Waals surface area contributed by atoms with Crippen LogP contribution in [0, 0.1) is 0 Å². The molecule has 2 aromatic heterocycles. The Morgan fingerprint density at radius 1 is 1.00 bits per heavy atom. The number of benzene rings is 1. The average Bonchev–Trinajstić information content (AvgIpc) is 2.68. The summed E-state index contributed by atoms with van der Waals surface area (Å²) in [5.41, 5.74) is 2.28. The van der Waals surface area contributed by atoms with Gasteiger partial charge in [0.2, 0.25) is 18.0 Å². The van der Waals surface area contributed by atoms with Gasteiger partial charge in [-0.2, -0.15) is 4.57 Å². The Bertz CT molecular complexity index is 885. The van der Waals surface area contributed by atoms with E-state index < -0.39 is 0 Å². The number of nitrogens with zero attached hydrogens (tertiary/aromatic N) is 2. The zero-order valence-corrected chi connectivity index (χ0v) is 16.1. The number of methoxy groups -OCH3 is 2. The highest BCUT2D eigenvalue weighted by molar-refractivity contribution is 5.95. The molecule has 0 radical (unpaired) electrons. The van der Waals surface area contributed by atoms with Gasteiger partial charge in [0.1, 0.15) is 5.69 Å². The van der Waals surface area contributed by atoms with Crippen molar-refractivity contribution in [3.05, 3.63) is 72.6 Å². The largest absolute Gasteiger partial charge is 1.00 e. The Morgan fingerprint density at radius 2 is 1.77 bits per heavy atom. The van der Waals surface area contributed by atoms with E-state index in [1.807, 2.05) is 47.2 Å². The Labute approximate surface area is 163 Å². The monoisotopic (exact) mass is 414 g/mol. The van der Waals surface area contributed by atoms with Crippen LogP contribution in [0.2, 0.25) is 0 Å². The Balaban J connectivity index is 0.00000243. The zero-order valence-electron chi connectivity index (χ0n) is 14.6. The molecule has 0 saturated carbocycles. The first-order valence-corrected chi connectivity index (χ1v) is 7.88. The van der Waals surface area contributed by atoms with Gasteiger partial charge in [0.05, 0.1) is 14.2 Å². The van der Waals surface area contributed by atoms with Crippen molar-refractivity contribution in [1.29, 1.82) is 0 Å². The number of hydrogen-bond donors (Lipinski definition) is 0. The third-order valence-electron chi connectivity index (χ3n) is 3.89. The van der Waals surface area contributed by atoms with Crippen LogP contribution >= 0.6 is 0 Å². The first-order chi connectivity index (χ1) is 12.2. The lowest BCUT2D eigenvalue weighted by Gasteiger charge is -2.08. The normalized spacial score (nSPS) is 9.92. The molecule has 1 aromatic carbocycles. The zero-order chi connectivity index (χ0) is 17.6. The molecule has 0 unspecified atom stereocenters. The summed E-state index contributed by atoms with van der Waals surface area (Å²) >= 11 is 0. The van der Waals surface area contributed by atoms with Crippen molar-refractivity contribution in [3.8, 4) is 22.9 Å². The maximum absolute atomic E-state index is 12.7. The molecule has 0 fully saturated rings. The number of ether oxygens (including phenoxy) is 2. The molecule has 3 rings (SSSR count). The van der Waals surface area contributed by atoms with Gasteiger partial charge in [-0.1, -0.05) is 6.07 Å². The Hall–Kier alpha value is -2.73. The van der Waals surface area contributed by atoms with E-state index in [1.165, 1.54) is 0 Å². The molecular formula is C20H19BrN2O3. The maximum atomic E-state index is 12.7. The highest BCUT2D eigenvalue weighted by atomic mass is 79.9. The van der Waals surface area contributed by atoms with Gasteiger partial charge in [-0.25, -0.2) is 4.98 Å². The second-order valence-electron chi connectivity index (χ2n) is 5.42. The minimum absolute atomic E-state index is 0. The van der Waals surface area contributed by atoms with Crippen molar-refractivity contribution in [2.75, 3.05) is 14.2 Å². The molecule has 0 bridgehead atoms. The molecular weight excluding hydrogens is 396 g/mol. The lowest BCUT2D eigenvalue weighted by molar-refractivity contribution is -0.672. The van der Waals surface area contributed by atoms with Gasteiger partial charge in [-0.3, -0.25) is 4.79 Å². The number of carbonyl (C=O) groups is 1. The fourth-order valence-corrected chi connectivity index (χ4v) is 2.62. The quantitative estimate of drug-likeness (QED) is 0.418. The molecule has 0 amide bonds. The number of carbonyl (C=O) groups excluding carboxylic acids is 1. The van der Waals surface area contributed by atoms with Crippen LogP contribution < -0.4 is 31.0 Å². The maximum Gasteiger partial charge on any atom is 0.231 e. The van der Waals surface area contributed by atoms with Gasteiger partial charge in [0.25, 0.3) is 0 Å². The predicted octanol–water partition coefficient (Wildman–Crippen LogP) is -0.0598. The van der Waals surface area contributed by atoms with Crippen LogP contribution in [0.15, 0.2) is 67.0 Å². The summed E-state index contributed by atoms with van der Waals surface area (Å²) in [6.45, 7) is 0.211. The SMILES string of the molecule is COc1ccc(C(=O)C[n+]2ccccc2-c2ccccn2)cc1OC.[Br-]. The van der Waals surface area contributed by atoms with Crippen molar-refractivity contribution in [3.63, 3.8) is 0 Å². The summed E-state index contributed by atoms with van der Waals surface area (Å²) in [6, 6.07) is 16.7. The van der Waals surface area contributed by atoms with Crippen LogP contribution in [0.4, 0.5) is 0 Å². The van der Waals surface area contributed by atoms with Crippen molar-refractivity contribution >= 4 is 5.78 Å². The molecule has 0 spiro atoms. The van der Waals surface area contributed by atoms with Crippen molar-refractivity contribution in [1.82, 2.24) is 4.98 Å². The lowest BCUT2D eigenvalue weighted by Crippen LogP contribution is -3.00. The number of rotatable bonds is 6. The third-order valence-corrected chi connectivity index (χ3v) is 3.89. The molecule has 26 heavy (non-hydrogen) atoms. The van der Waals surface area contributed by atoms with Crippen LogP contribution in [-0.4, -0.2) is 25.0 Å². The van der Waals surface area contributed by atoms with Crippen LogP contribution in [0.5, 0.6) is 11.5 Å². The predicted molar refractivity (Wildman–Crippen MR) is 93.7 cm³/mol. The number of aromatic nitrogens is 2. The smallest absolute Gasteiger partial charge is 0.231 e. The second kappa shape index (κ2) is 9.10. The van der Waals surface area contributed by atoms with Crippen LogP contribution in [0.25, 0.3) is 11.4 Å². The highest BCUT2D eigenvalue weighted by Gasteiger charge is 2.19. The molecule has 134 valence electrons. The highest BCUT2D eigenvalue weighted by Crippen LogP contribution is 2.27.